The zero-order chi connectivity index (χ0) is 24.4. The van der Waals surface area contributed by atoms with E-state index in [0.717, 1.165) is 51.6 Å². The predicted molar refractivity (Wildman–Crippen MR) is 140 cm³/mol. The van der Waals surface area contributed by atoms with Gasteiger partial charge in [-0.1, -0.05) is 18.2 Å². The number of nitrogens with zero attached hydrogens (tertiary/aromatic N) is 3. The number of anilines is 3. The van der Waals surface area contributed by atoms with Crippen molar-refractivity contribution in [1.29, 1.82) is 0 Å². The summed E-state index contributed by atoms with van der Waals surface area (Å²) in [6.07, 6.45) is 2.89. The van der Waals surface area contributed by atoms with Crippen molar-refractivity contribution < 1.29 is 14.6 Å². The molecule has 9 heteroatoms. The second kappa shape index (κ2) is 10.1. The first kappa shape index (κ1) is 23.3. The fourth-order valence-electron chi connectivity index (χ4n) is 4.64. The fourth-order valence-corrected chi connectivity index (χ4v) is 5.70. The summed E-state index contributed by atoms with van der Waals surface area (Å²) in [6, 6.07) is 14.0. The molecule has 2 atom stereocenters. The van der Waals surface area contributed by atoms with E-state index in [1.165, 1.54) is 0 Å². The molecule has 35 heavy (non-hydrogen) atoms. The van der Waals surface area contributed by atoms with E-state index in [1.54, 1.807) is 25.6 Å². The van der Waals surface area contributed by atoms with Crippen molar-refractivity contribution in [3.8, 4) is 22.1 Å². The van der Waals surface area contributed by atoms with E-state index in [-0.39, 0.29) is 12.6 Å². The smallest absolute Gasteiger partial charge is 0.229 e. The Bertz CT molecular complexity index is 1310. The van der Waals surface area contributed by atoms with Gasteiger partial charge in [0, 0.05) is 12.6 Å². The number of rotatable bonds is 8. The van der Waals surface area contributed by atoms with Gasteiger partial charge in [0.05, 0.1) is 41.4 Å². The van der Waals surface area contributed by atoms with Gasteiger partial charge in [0.25, 0.3) is 0 Å². The molecule has 0 saturated heterocycles. The van der Waals surface area contributed by atoms with Crippen molar-refractivity contribution in [3.05, 3.63) is 48.2 Å². The third-order valence-electron chi connectivity index (χ3n) is 6.39. The van der Waals surface area contributed by atoms with Gasteiger partial charge in [0.2, 0.25) is 5.95 Å². The first-order valence-electron chi connectivity index (χ1n) is 11.7. The van der Waals surface area contributed by atoms with Crippen LogP contribution < -0.4 is 20.1 Å². The van der Waals surface area contributed by atoms with E-state index in [4.69, 9.17) is 24.4 Å². The molecule has 0 aliphatic heterocycles. The number of methoxy groups -OCH3 is 2. The Morgan fingerprint density at radius 3 is 2.63 bits per heavy atom. The highest BCUT2D eigenvalue weighted by molar-refractivity contribution is 7.21. The van der Waals surface area contributed by atoms with Crippen molar-refractivity contribution >= 4 is 39.0 Å². The van der Waals surface area contributed by atoms with Crippen LogP contribution in [0.2, 0.25) is 0 Å². The van der Waals surface area contributed by atoms with E-state index in [9.17, 15) is 5.11 Å². The molecule has 5 rings (SSSR count). The van der Waals surface area contributed by atoms with Crippen LogP contribution >= 0.6 is 11.3 Å². The fraction of sp³-hybridized carbons (Fsp3) is 0.346. The van der Waals surface area contributed by atoms with Gasteiger partial charge in [0.15, 0.2) is 11.5 Å². The van der Waals surface area contributed by atoms with Crippen LogP contribution in [-0.2, 0) is 0 Å². The summed E-state index contributed by atoms with van der Waals surface area (Å²) >= 11 is 1.63. The number of ether oxygens (including phenoxy) is 2. The van der Waals surface area contributed by atoms with Crippen molar-refractivity contribution in [2.45, 2.75) is 32.2 Å². The Labute approximate surface area is 208 Å². The normalized spacial score (nSPS) is 17.5. The summed E-state index contributed by atoms with van der Waals surface area (Å²) < 4.78 is 12.1. The van der Waals surface area contributed by atoms with Gasteiger partial charge in [-0.25, -0.2) is 9.97 Å². The summed E-state index contributed by atoms with van der Waals surface area (Å²) in [6.45, 7) is 2.20. The average Bonchev–Trinajstić information content (AvgIpc) is 3.50. The first-order chi connectivity index (χ1) is 17.1. The maximum absolute atomic E-state index is 9.61. The number of aliphatic hydroxyl groups excluding tert-OH is 1. The summed E-state index contributed by atoms with van der Waals surface area (Å²) in [5.41, 5.74) is 3.40. The number of aliphatic hydroxyl groups is 1. The van der Waals surface area contributed by atoms with E-state index in [2.05, 4.69) is 16.7 Å². The number of para-hydroxylation sites is 2. The van der Waals surface area contributed by atoms with Crippen LogP contribution in [0.4, 0.5) is 17.5 Å². The second-order valence-corrected chi connectivity index (χ2v) is 9.74. The molecule has 2 aromatic heterocycles. The second-order valence-electron chi connectivity index (χ2n) is 8.71. The number of thiazole rings is 1. The molecule has 2 heterocycles. The lowest BCUT2D eigenvalue weighted by Crippen LogP contribution is -2.19. The molecule has 1 aliphatic rings. The number of hydrogen-bond acceptors (Lipinski definition) is 9. The lowest BCUT2D eigenvalue weighted by Gasteiger charge is -2.19. The molecule has 3 N–H and O–H groups in total. The van der Waals surface area contributed by atoms with Crippen molar-refractivity contribution in [2.75, 3.05) is 31.5 Å². The van der Waals surface area contributed by atoms with Crippen LogP contribution in [-0.4, -0.2) is 46.9 Å². The highest BCUT2D eigenvalue weighted by Gasteiger charge is 2.27. The maximum atomic E-state index is 9.61. The SMILES string of the molecule is COc1cccc(Nc2nc(C)c(-c3nc4ccccc4s3)c(NC3CCC(CO)C3)n2)c1OC. The summed E-state index contributed by atoms with van der Waals surface area (Å²) in [7, 11) is 3.22. The van der Waals surface area contributed by atoms with Crippen LogP contribution in [0.3, 0.4) is 0 Å². The average molecular weight is 492 g/mol. The lowest BCUT2D eigenvalue weighted by molar-refractivity contribution is 0.229. The highest BCUT2D eigenvalue weighted by Crippen LogP contribution is 2.40. The minimum Gasteiger partial charge on any atom is -0.493 e. The molecule has 4 aromatic rings. The van der Waals surface area contributed by atoms with Gasteiger partial charge in [-0.2, -0.15) is 4.98 Å². The topological polar surface area (TPSA) is 101 Å². The molecule has 2 aromatic carbocycles. The number of nitrogens with one attached hydrogen (secondary N) is 2. The van der Waals surface area contributed by atoms with Gasteiger partial charge in [-0.15, -0.1) is 11.3 Å². The van der Waals surface area contributed by atoms with E-state index in [1.807, 2.05) is 43.3 Å². The Morgan fingerprint density at radius 1 is 1.03 bits per heavy atom. The largest absolute Gasteiger partial charge is 0.493 e. The predicted octanol–water partition coefficient (Wildman–Crippen LogP) is 5.40. The molecule has 1 saturated carbocycles. The minimum atomic E-state index is 0.216. The van der Waals surface area contributed by atoms with Gasteiger partial charge >= 0.3 is 0 Å². The van der Waals surface area contributed by atoms with E-state index >= 15 is 0 Å². The molecule has 1 fully saturated rings. The number of hydrogen-bond donors (Lipinski definition) is 3. The lowest BCUT2D eigenvalue weighted by atomic mass is 10.1. The van der Waals surface area contributed by atoms with Crippen LogP contribution in [0.5, 0.6) is 11.5 Å². The zero-order valence-corrected chi connectivity index (χ0v) is 20.9. The molecule has 0 amide bonds. The summed E-state index contributed by atoms with van der Waals surface area (Å²) in [5.74, 6) is 2.73. The molecule has 0 radical (unpaired) electrons. The molecule has 182 valence electrons. The molecule has 8 nitrogen and oxygen atoms in total. The monoisotopic (exact) mass is 491 g/mol. The van der Waals surface area contributed by atoms with Crippen molar-refractivity contribution in [3.63, 3.8) is 0 Å². The third-order valence-corrected chi connectivity index (χ3v) is 7.44. The molecule has 2 unspecified atom stereocenters. The molecule has 1 aliphatic carbocycles. The van der Waals surface area contributed by atoms with Crippen molar-refractivity contribution in [2.24, 2.45) is 5.92 Å². The number of benzene rings is 2. The molecule has 0 bridgehead atoms. The molecular weight excluding hydrogens is 462 g/mol. The Balaban J connectivity index is 1.56. The number of fused-ring (bicyclic) bond motifs is 1. The highest BCUT2D eigenvalue weighted by atomic mass is 32.1. The minimum absolute atomic E-state index is 0.216. The number of aromatic nitrogens is 3. The first-order valence-corrected chi connectivity index (χ1v) is 12.5. The zero-order valence-electron chi connectivity index (χ0n) is 20.0. The maximum Gasteiger partial charge on any atom is 0.229 e. The van der Waals surface area contributed by atoms with Crippen LogP contribution in [0.25, 0.3) is 20.8 Å². The summed E-state index contributed by atoms with van der Waals surface area (Å²) in [4.78, 5) is 14.6. The summed E-state index contributed by atoms with van der Waals surface area (Å²) in [5, 5.41) is 17.4. The Morgan fingerprint density at radius 2 is 1.89 bits per heavy atom. The van der Waals surface area contributed by atoms with Gasteiger partial charge in [-0.3, -0.25) is 0 Å². The standard InChI is InChI=1S/C26H29N5O3S/c1-15-22(25-29-18-7-4-5-10-21(18)35-25)24(28-17-12-11-16(13-17)14-32)31-26(27-15)30-19-8-6-9-20(33-2)23(19)34-3/h4-10,16-17,32H,11-14H2,1-3H3,(H2,27,28,30,31). The molecular formula is C26H29N5O3S. The van der Waals surface area contributed by atoms with Crippen LogP contribution in [0.15, 0.2) is 42.5 Å². The quantitative estimate of drug-likeness (QED) is 0.301. The Hall–Kier alpha value is -3.43. The molecule has 0 spiro atoms. The van der Waals surface area contributed by atoms with E-state index in [0.29, 0.717) is 29.1 Å². The van der Waals surface area contributed by atoms with E-state index < -0.39 is 0 Å². The Kier molecular flexibility index (Phi) is 6.70. The van der Waals surface area contributed by atoms with Gasteiger partial charge in [0.1, 0.15) is 10.8 Å². The van der Waals surface area contributed by atoms with Gasteiger partial charge in [-0.05, 0) is 56.4 Å². The van der Waals surface area contributed by atoms with Gasteiger partial charge < -0.3 is 25.2 Å². The van der Waals surface area contributed by atoms with Crippen LogP contribution in [0, 0.1) is 12.8 Å². The van der Waals surface area contributed by atoms with Crippen LogP contribution in [0.1, 0.15) is 25.0 Å². The number of aryl methyl sites for hydroxylation is 1. The van der Waals surface area contributed by atoms with Crippen molar-refractivity contribution in [1.82, 2.24) is 15.0 Å². The third kappa shape index (κ3) is 4.74.